The molecule has 1 amide bonds. The molecule has 2 aliphatic heterocycles. The van der Waals surface area contributed by atoms with Crippen LogP contribution in [0.5, 0.6) is 17.2 Å². The minimum absolute atomic E-state index is 0.0189. The summed E-state index contributed by atoms with van der Waals surface area (Å²) in [6.45, 7) is 3.81. The lowest BCUT2D eigenvalue weighted by atomic mass is 10.1. The third-order valence-electron chi connectivity index (χ3n) is 5.28. The maximum atomic E-state index is 12.7. The highest BCUT2D eigenvalue weighted by Gasteiger charge is 2.16. The van der Waals surface area contributed by atoms with Crippen molar-refractivity contribution < 1.29 is 19.0 Å². The monoisotopic (exact) mass is 451 g/mol. The number of nitrogens with one attached hydrogen (secondary N) is 1. The van der Waals surface area contributed by atoms with Gasteiger partial charge in [-0.25, -0.2) is 0 Å². The number of carbonyl (C=O) groups is 1. The van der Waals surface area contributed by atoms with Crippen LogP contribution in [-0.4, -0.2) is 55.7 Å². The first-order valence-electron chi connectivity index (χ1n) is 10.5. The second kappa shape index (κ2) is 10.4. The largest absolute Gasteiger partial charge is 0.496 e. The molecule has 0 aromatic heterocycles. The van der Waals surface area contributed by atoms with Crippen molar-refractivity contribution in [2.75, 3.05) is 50.2 Å². The molecule has 0 saturated carbocycles. The van der Waals surface area contributed by atoms with Crippen molar-refractivity contribution in [3.8, 4) is 23.3 Å². The number of nitriles is 1. The number of nitrogens with zero attached hydrogens (tertiary/aromatic N) is 2. The number of methoxy groups -OCH3 is 1. The van der Waals surface area contributed by atoms with Gasteiger partial charge in [0.1, 0.15) is 30.6 Å². The van der Waals surface area contributed by atoms with Crippen molar-refractivity contribution in [3.05, 3.63) is 53.1 Å². The third-order valence-corrected chi connectivity index (χ3v) is 6.22. The number of carbonyl (C=O) groups excluding carboxylic acids is 1. The summed E-state index contributed by atoms with van der Waals surface area (Å²) in [4.78, 5) is 15.1. The number of hydrogen-bond donors (Lipinski definition) is 1. The summed E-state index contributed by atoms with van der Waals surface area (Å²) in [5.74, 6) is 3.80. The summed E-state index contributed by atoms with van der Waals surface area (Å²) in [6, 6.07) is 12.9. The SMILES string of the molecule is COc1ccc(C=C(C#N)C(=O)Nc2ccc3c(c2)OCCO3)cc1CN1CCSCC1. The fraction of sp³-hybridized carbons (Fsp3) is 0.333. The number of ether oxygens (including phenoxy) is 3. The number of fused-ring (bicyclic) bond motifs is 1. The summed E-state index contributed by atoms with van der Waals surface area (Å²) in [5, 5.41) is 12.4. The number of hydrogen-bond acceptors (Lipinski definition) is 7. The van der Waals surface area contributed by atoms with Crippen LogP contribution in [0.25, 0.3) is 6.08 Å². The quantitative estimate of drug-likeness (QED) is 0.531. The van der Waals surface area contributed by atoms with Gasteiger partial charge in [0.2, 0.25) is 0 Å². The summed E-state index contributed by atoms with van der Waals surface area (Å²) in [5.41, 5.74) is 2.38. The molecule has 2 aromatic rings. The highest BCUT2D eigenvalue weighted by molar-refractivity contribution is 7.99. The summed E-state index contributed by atoms with van der Waals surface area (Å²) in [7, 11) is 1.65. The minimum Gasteiger partial charge on any atom is -0.496 e. The van der Waals surface area contributed by atoms with Gasteiger partial charge in [-0.1, -0.05) is 6.07 Å². The van der Waals surface area contributed by atoms with Gasteiger partial charge in [0.15, 0.2) is 11.5 Å². The van der Waals surface area contributed by atoms with E-state index in [4.69, 9.17) is 14.2 Å². The van der Waals surface area contributed by atoms with Gasteiger partial charge in [-0.3, -0.25) is 9.69 Å². The fourth-order valence-corrected chi connectivity index (χ4v) is 4.63. The van der Waals surface area contributed by atoms with E-state index < -0.39 is 5.91 Å². The van der Waals surface area contributed by atoms with E-state index in [0.717, 1.165) is 48.0 Å². The minimum atomic E-state index is -0.477. The first-order valence-corrected chi connectivity index (χ1v) is 11.6. The Morgan fingerprint density at radius 2 is 1.97 bits per heavy atom. The maximum Gasteiger partial charge on any atom is 0.266 e. The van der Waals surface area contributed by atoms with Crippen molar-refractivity contribution in [2.24, 2.45) is 0 Å². The molecular formula is C24H25N3O4S. The Labute approximate surface area is 191 Å². The molecule has 166 valence electrons. The van der Waals surface area contributed by atoms with Crippen molar-refractivity contribution in [1.29, 1.82) is 5.26 Å². The first kappa shape index (κ1) is 22.1. The zero-order chi connectivity index (χ0) is 22.3. The number of benzene rings is 2. The molecule has 2 aromatic carbocycles. The lowest BCUT2D eigenvalue weighted by Crippen LogP contribution is -2.32. The summed E-state index contributed by atoms with van der Waals surface area (Å²) < 4.78 is 16.6. The van der Waals surface area contributed by atoms with Gasteiger partial charge in [-0.05, 0) is 35.9 Å². The van der Waals surface area contributed by atoms with Crippen LogP contribution in [0, 0.1) is 11.3 Å². The summed E-state index contributed by atoms with van der Waals surface area (Å²) in [6.07, 6.45) is 1.60. The number of rotatable bonds is 6. The molecule has 2 aliphatic rings. The molecule has 4 rings (SSSR count). The highest BCUT2D eigenvalue weighted by atomic mass is 32.2. The topological polar surface area (TPSA) is 83.8 Å². The molecule has 0 aliphatic carbocycles. The molecule has 2 heterocycles. The van der Waals surface area contributed by atoms with Gasteiger partial charge in [0.25, 0.3) is 5.91 Å². The van der Waals surface area contributed by atoms with Gasteiger partial charge < -0.3 is 19.5 Å². The Morgan fingerprint density at radius 1 is 1.19 bits per heavy atom. The first-order chi connectivity index (χ1) is 15.7. The van der Waals surface area contributed by atoms with E-state index in [-0.39, 0.29) is 5.57 Å². The van der Waals surface area contributed by atoms with Crippen LogP contribution in [0.3, 0.4) is 0 Å². The van der Waals surface area contributed by atoms with Gasteiger partial charge in [-0.15, -0.1) is 0 Å². The average molecular weight is 452 g/mol. The van der Waals surface area contributed by atoms with Crippen LogP contribution in [0.15, 0.2) is 42.0 Å². The van der Waals surface area contributed by atoms with Crippen molar-refractivity contribution in [1.82, 2.24) is 4.90 Å². The molecule has 32 heavy (non-hydrogen) atoms. The molecule has 1 fully saturated rings. The van der Waals surface area contributed by atoms with E-state index in [9.17, 15) is 10.1 Å². The normalized spacial score (nSPS) is 16.2. The van der Waals surface area contributed by atoms with Gasteiger partial charge in [-0.2, -0.15) is 17.0 Å². The van der Waals surface area contributed by atoms with Gasteiger partial charge in [0.05, 0.1) is 7.11 Å². The number of anilines is 1. The zero-order valence-corrected chi connectivity index (χ0v) is 18.7. The fourth-order valence-electron chi connectivity index (χ4n) is 3.65. The second-order valence-corrected chi connectivity index (χ2v) is 8.67. The average Bonchev–Trinajstić information content (AvgIpc) is 2.83. The van der Waals surface area contributed by atoms with Crippen molar-refractivity contribution in [2.45, 2.75) is 6.54 Å². The lowest BCUT2D eigenvalue weighted by Gasteiger charge is -2.26. The Bertz CT molecular complexity index is 1060. The third kappa shape index (κ3) is 5.36. The molecule has 0 bridgehead atoms. The van der Waals surface area contributed by atoms with E-state index in [1.54, 1.807) is 31.4 Å². The molecule has 8 heteroatoms. The predicted molar refractivity (Wildman–Crippen MR) is 125 cm³/mol. The van der Waals surface area contributed by atoms with E-state index in [2.05, 4.69) is 10.2 Å². The standard InChI is InChI=1S/C24H25N3O4S/c1-29-21-4-2-17(13-19(21)16-27-6-10-32-11-7-27)12-18(15-25)24(28)26-20-3-5-22-23(14-20)31-9-8-30-22/h2-5,12-14H,6-11,16H2,1H3,(H,26,28). The maximum absolute atomic E-state index is 12.7. The number of thioether (sulfide) groups is 1. The van der Waals surface area contributed by atoms with E-state index in [0.29, 0.717) is 30.4 Å². The van der Waals surface area contributed by atoms with E-state index in [1.807, 2.05) is 36.0 Å². The van der Waals surface area contributed by atoms with Crippen LogP contribution < -0.4 is 19.5 Å². The summed E-state index contributed by atoms with van der Waals surface area (Å²) >= 11 is 1.97. The van der Waals surface area contributed by atoms with Crippen molar-refractivity contribution >= 4 is 29.4 Å². The van der Waals surface area contributed by atoms with Crippen LogP contribution in [-0.2, 0) is 11.3 Å². The van der Waals surface area contributed by atoms with Crippen LogP contribution >= 0.6 is 11.8 Å². The smallest absolute Gasteiger partial charge is 0.266 e. The second-order valence-electron chi connectivity index (χ2n) is 7.44. The van der Waals surface area contributed by atoms with E-state index >= 15 is 0 Å². The lowest BCUT2D eigenvalue weighted by molar-refractivity contribution is -0.112. The zero-order valence-electron chi connectivity index (χ0n) is 17.9. The van der Waals surface area contributed by atoms with Crippen LogP contribution in [0.1, 0.15) is 11.1 Å². The van der Waals surface area contributed by atoms with Crippen molar-refractivity contribution in [3.63, 3.8) is 0 Å². The van der Waals surface area contributed by atoms with Gasteiger partial charge >= 0.3 is 0 Å². The molecule has 1 N–H and O–H groups in total. The molecular weight excluding hydrogens is 426 g/mol. The molecule has 0 spiro atoms. The van der Waals surface area contributed by atoms with E-state index in [1.165, 1.54) is 0 Å². The van der Waals surface area contributed by atoms with Gasteiger partial charge in [0, 0.05) is 48.5 Å². The molecule has 0 atom stereocenters. The molecule has 0 unspecified atom stereocenters. The predicted octanol–water partition coefficient (Wildman–Crippen LogP) is 3.56. The van der Waals surface area contributed by atoms with Crippen LogP contribution in [0.2, 0.25) is 0 Å². The Balaban J connectivity index is 1.51. The molecule has 1 saturated heterocycles. The Kier molecular flexibility index (Phi) is 7.20. The number of amides is 1. The van der Waals surface area contributed by atoms with Crippen LogP contribution in [0.4, 0.5) is 5.69 Å². The highest BCUT2D eigenvalue weighted by Crippen LogP contribution is 2.32. The molecule has 0 radical (unpaired) electrons. The Morgan fingerprint density at radius 3 is 2.72 bits per heavy atom. The molecule has 7 nitrogen and oxygen atoms in total. The Hall–Kier alpha value is -3.15.